The topological polar surface area (TPSA) is 55.1 Å². The fourth-order valence-electron chi connectivity index (χ4n) is 1.65. The molecule has 1 unspecified atom stereocenters. The molecule has 106 valence electrons. The Balaban J connectivity index is 2.76. The molecule has 0 aliphatic carbocycles. The molecule has 3 nitrogen and oxygen atoms in total. The second-order valence-corrected chi connectivity index (χ2v) is 4.70. The van der Waals surface area contributed by atoms with Gasteiger partial charge in [-0.25, -0.2) is 0 Å². The van der Waals surface area contributed by atoms with Gasteiger partial charge in [0.15, 0.2) is 0 Å². The Morgan fingerprint density at radius 3 is 2.21 bits per heavy atom. The quantitative estimate of drug-likeness (QED) is 0.886. The highest BCUT2D eigenvalue weighted by Crippen LogP contribution is 2.29. The van der Waals surface area contributed by atoms with Crippen LogP contribution in [0.1, 0.15) is 32.3 Å². The summed E-state index contributed by atoms with van der Waals surface area (Å²) in [6, 6.07) is 4.26. The lowest BCUT2D eigenvalue weighted by Crippen LogP contribution is -2.48. The fourth-order valence-corrected chi connectivity index (χ4v) is 1.65. The third-order valence-electron chi connectivity index (χ3n) is 2.76. The molecule has 1 atom stereocenters. The van der Waals surface area contributed by atoms with E-state index in [0.717, 1.165) is 18.6 Å². The number of nitrogens with two attached hydrogens (primary N) is 1. The molecule has 0 saturated heterocycles. The third kappa shape index (κ3) is 4.24. The molecule has 1 rings (SSSR count). The zero-order valence-corrected chi connectivity index (χ0v) is 10.8. The second-order valence-electron chi connectivity index (χ2n) is 4.70. The molecular weight excluding hydrogens is 257 g/mol. The number of carbonyl (C=O) groups excluding carboxylic acids is 1. The predicted molar refractivity (Wildman–Crippen MR) is 67.6 cm³/mol. The van der Waals surface area contributed by atoms with Crippen molar-refractivity contribution in [2.45, 2.75) is 38.4 Å². The number of amides is 1. The summed E-state index contributed by atoms with van der Waals surface area (Å²) in [7, 11) is 0. The van der Waals surface area contributed by atoms with E-state index in [1.165, 1.54) is 12.1 Å². The zero-order valence-electron chi connectivity index (χ0n) is 10.8. The van der Waals surface area contributed by atoms with Gasteiger partial charge in [0.1, 0.15) is 0 Å². The monoisotopic (exact) mass is 274 g/mol. The zero-order chi connectivity index (χ0) is 14.7. The van der Waals surface area contributed by atoms with Gasteiger partial charge in [-0.15, -0.1) is 0 Å². The average molecular weight is 274 g/mol. The average Bonchev–Trinajstić information content (AvgIpc) is 2.28. The van der Waals surface area contributed by atoms with E-state index in [1.54, 1.807) is 6.92 Å². The summed E-state index contributed by atoms with van der Waals surface area (Å²) >= 11 is 0. The van der Waals surface area contributed by atoms with Gasteiger partial charge >= 0.3 is 6.18 Å². The number of hydrogen-bond acceptors (Lipinski definition) is 2. The molecule has 1 aromatic carbocycles. The summed E-state index contributed by atoms with van der Waals surface area (Å²) in [5.74, 6) is -0.408. The van der Waals surface area contributed by atoms with Crippen LogP contribution in [0, 0.1) is 0 Å². The molecule has 0 saturated carbocycles. The minimum Gasteiger partial charge on any atom is -0.325 e. The molecule has 0 aliphatic rings. The molecule has 19 heavy (non-hydrogen) atoms. The Kier molecular flexibility index (Phi) is 4.57. The summed E-state index contributed by atoms with van der Waals surface area (Å²) in [4.78, 5) is 11.8. The molecule has 1 aromatic rings. The summed E-state index contributed by atoms with van der Waals surface area (Å²) in [6.45, 7) is 3.49. The van der Waals surface area contributed by atoms with Crippen molar-refractivity contribution < 1.29 is 18.0 Å². The van der Waals surface area contributed by atoms with E-state index >= 15 is 0 Å². The molecular formula is C13H17F3N2O. The van der Waals surface area contributed by atoms with Gasteiger partial charge in [-0.05, 0) is 37.6 Å². The van der Waals surface area contributed by atoms with Crippen LogP contribution in [0.5, 0.6) is 0 Å². The summed E-state index contributed by atoms with van der Waals surface area (Å²) in [5.41, 5.74) is 4.34. The van der Waals surface area contributed by atoms with Gasteiger partial charge in [0.25, 0.3) is 0 Å². The van der Waals surface area contributed by atoms with E-state index < -0.39 is 23.2 Å². The van der Waals surface area contributed by atoms with E-state index in [9.17, 15) is 18.0 Å². The first-order valence-electron chi connectivity index (χ1n) is 5.94. The summed E-state index contributed by atoms with van der Waals surface area (Å²) in [6.07, 6.45) is -3.14. The van der Waals surface area contributed by atoms with Gasteiger partial charge in [0.05, 0.1) is 11.1 Å². The largest absolute Gasteiger partial charge is 0.416 e. The van der Waals surface area contributed by atoms with E-state index in [1.807, 2.05) is 6.92 Å². The molecule has 0 heterocycles. The minimum atomic E-state index is -4.38. The van der Waals surface area contributed by atoms with Crippen LogP contribution >= 0.6 is 0 Å². The van der Waals surface area contributed by atoms with Crippen LogP contribution < -0.4 is 11.1 Å². The lowest BCUT2D eigenvalue weighted by atomic mass is 9.96. The van der Waals surface area contributed by atoms with E-state index in [4.69, 9.17) is 5.73 Å². The highest BCUT2D eigenvalue weighted by molar-refractivity contribution is 5.97. The van der Waals surface area contributed by atoms with Crippen LogP contribution in [-0.4, -0.2) is 11.4 Å². The van der Waals surface area contributed by atoms with Crippen LogP contribution in [0.4, 0.5) is 18.9 Å². The third-order valence-corrected chi connectivity index (χ3v) is 2.76. The molecule has 0 aliphatic heterocycles. The number of benzene rings is 1. The number of hydrogen-bond donors (Lipinski definition) is 2. The Hall–Kier alpha value is -1.56. The van der Waals surface area contributed by atoms with Gasteiger partial charge in [-0.2, -0.15) is 13.2 Å². The summed E-state index contributed by atoms with van der Waals surface area (Å²) in [5, 5.41) is 2.51. The number of anilines is 1. The minimum absolute atomic E-state index is 0.297. The molecule has 0 spiro atoms. The lowest BCUT2D eigenvalue weighted by molar-refractivity contribution is -0.137. The number of nitrogens with one attached hydrogen (secondary N) is 1. The molecule has 1 amide bonds. The molecule has 0 fully saturated rings. The molecule has 6 heteroatoms. The van der Waals surface area contributed by atoms with Crippen LogP contribution in [0.15, 0.2) is 24.3 Å². The van der Waals surface area contributed by atoms with Crippen LogP contribution in [0.25, 0.3) is 0 Å². The first-order chi connectivity index (χ1) is 8.66. The maximum Gasteiger partial charge on any atom is 0.416 e. The lowest BCUT2D eigenvalue weighted by Gasteiger charge is -2.22. The van der Waals surface area contributed by atoms with E-state index in [0.29, 0.717) is 12.1 Å². The molecule has 0 radical (unpaired) electrons. The van der Waals surface area contributed by atoms with Crippen molar-refractivity contribution in [2.75, 3.05) is 5.32 Å². The van der Waals surface area contributed by atoms with Crippen LogP contribution in [0.3, 0.4) is 0 Å². The van der Waals surface area contributed by atoms with Crippen molar-refractivity contribution in [1.82, 2.24) is 0 Å². The van der Waals surface area contributed by atoms with Crippen molar-refractivity contribution in [3.63, 3.8) is 0 Å². The van der Waals surface area contributed by atoms with Crippen molar-refractivity contribution >= 4 is 11.6 Å². The van der Waals surface area contributed by atoms with Crippen LogP contribution in [-0.2, 0) is 11.0 Å². The second kappa shape index (κ2) is 5.61. The first kappa shape index (κ1) is 15.5. The normalized spacial score (nSPS) is 14.8. The first-order valence-corrected chi connectivity index (χ1v) is 5.94. The van der Waals surface area contributed by atoms with Crippen LogP contribution in [0.2, 0.25) is 0 Å². The molecule has 0 bridgehead atoms. The number of rotatable bonds is 4. The van der Waals surface area contributed by atoms with Crippen molar-refractivity contribution in [2.24, 2.45) is 5.73 Å². The maximum atomic E-state index is 12.4. The summed E-state index contributed by atoms with van der Waals surface area (Å²) < 4.78 is 37.1. The molecule has 0 aromatic heterocycles. The standard InChI is InChI=1S/C13H17F3N2O/c1-3-8-12(2,17)11(19)18-10-6-4-9(5-7-10)13(14,15)16/h4-7H,3,8,17H2,1-2H3,(H,18,19). The Bertz CT molecular complexity index is 438. The predicted octanol–water partition coefficient (Wildman–Crippen LogP) is 3.16. The smallest absolute Gasteiger partial charge is 0.325 e. The number of halogens is 3. The van der Waals surface area contributed by atoms with Crippen molar-refractivity contribution in [3.8, 4) is 0 Å². The maximum absolute atomic E-state index is 12.4. The fraction of sp³-hybridized carbons (Fsp3) is 0.462. The Labute approximate surface area is 110 Å². The Morgan fingerprint density at radius 2 is 1.79 bits per heavy atom. The number of alkyl halides is 3. The van der Waals surface area contributed by atoms with Gasteiger partial charge in [0.2, 0.25) is 5.91 Å². The van der Waals surface area contributed by atoms with Gasteiger partial charge in [-0.1, -0.05) is 13.3 Å². The molecule has 3 N–H and O–H groups in total. The number of carbonyl (C=O) groups is 1. The highest BCUT2D eigenvalue weighted by Gasteiger charge is 2.30. The van der Waals surface area contributed by atoms with E-state index in [2.05, 4.69) is 5.32 Å². The highest BCUT2D eigenvalue weighted by atomic mass is 19.4. The van der Waals surface area contributed by atoms with Crippen molar-refractivity contribution in [1.29, 1.82) is 0 Å². The van der Waals surface area contributed by atoms with Gasteiger partial charge in [-0.3, -0.25) is 4.79 Å². The van der Waals surface area contributed by atoms with E-state index in [-0.39, 0.29) is 0 Å². The SMILES string of the molecule is CCCC(C)(N)C(=O)Nc1ccc(C(F)(F)F)cc1. The Morgan fingerprint density at radius 1 is 1.26 bits per heavy atom. The van der Waals surface area contributed by atoms with Gasteiger partial charge in [0, 0.05) is 5.69 Å². The van der Waals surface area contributed by atoms with Crippen molar-refractivity contribution in [3.05, 3.63) is 29.8 Å². The van der Waals surface area contributed by atoms with Gasteiger partial charge < -0.3 is 11.1 Å².